The van der Waals surface area contributed by atoms with E-state index in [1.54, 1.807) is 29.9 Å². The molecule has 0 spiro atoms. The number of ether oxygens (including phenoxy) is 1. The maximum atomic E-state index is 11.5. The van der Waals surface area contributed by atoms with Crippen molar-refractivity contribution in [3.8, 4) is 23.0 Å². The van der Waals surface area contributed by atoms with E-state index in [0.29, 0.717) is 22.1 Å². The van der Waals surface area contributed by atoms with E-state index in [1.807, 2.05) is 24.3 Å². The molecule has 0 bridgehead atoms. The molecule has 0 saturated heterocycles. The van der Waals surface area contributed by atoms with Crippen molar-refractivity contribution in [2.45, 2.75) is 0 Å². The van der Waals surface area contributed by atoms with Crippen molar-refractivity contribution in [3.05, 3.63) is 59.6 Å². The Hall–Kier alpha value is -2.57. The Morgan fingerprint density at radius 3 is 2.67 bits per heavy atom. The van der Waals surface area contributed by atoms with Gasteiger partial charge in [0.1, 0.15) is 5.75 Å². The van der Waals surface area contributed by atoms with Gasteiger partial charge in [0.05, 0.1) is 23.8 Å². The Balaban J connectivity index is 2.00. The molecule has 0 amide bonds. The summed E-state index contributed by atoms with van der Waals surface area (Å²) >= 11 is 6.16. The third-order valence-electron chi connectivity index (χ3n) is 4.03. The molecule has 7 nitrogen and oxygen atoms in total. The maximum Gasteiger partial charge on any atom is 0.391 e. The molecule has 2 aromatic heterocycles. The molecule has 0 aliphatic heterocycles. The topological polar surface area (TPSA) is 97.7 Å². The summed E-state index contributed by atoms with van der Waals surface area (Å²) in [6.45, 7) is 0. The molecule has 0 atom stereocenters. The van der Waals surface area contributed by atoms with Gasteiger partial charge < -0.3 is 18.9 Å². The monoisotopic (exact) mass is 404 g/mol. The molecule has 4 rings (SSSR count). The highest BCUT2D eigenvalue weighted by Crippen LogP contribution is 2.37. The number of halogens is 1. The van der Waals surface area contributed by atoms with Crippen molar-refractivity contribution in [3.63, 3.8) is 0 Å². The molecule has 0 radical (unpaired) electrons. The Kier molecular flexibility index (Phi) is 4.32. The fraction of sp³-hybridized carbons (Fsp3) is 0.0556. The molecule has 0 saturated carbocycles. The summed E-state index contributed by atoms with van der Waals surface area (Å²) in [6, 6.07) is 15.3. The first kappa shape index (κ1) is 17.8. The largest absolute Gasteiger partial charge is 0.497 e. The quantitative estimate of drug-likeness (QED) is 0.503. The zero-order chi connectivity index (χ0) is 19.2. The smallest absolute Gasteiger partial charge is 0.391 e. The highest BCUT2D eigenvalue weighted by atomic mass is 35.5. The van der Waals surface area contributed by atoms with Crippen LogP contribution in [0.5, 0.6) is 5.75 Å². The van der Waals surface area contributed by atoms with Crippen molar-refractivity contribution in [2.24, 2.45) is 0 Å². The Bertz CT molecular complexity index is 1190. The third kappa shape index (κ3) is 3.26. The molecule has 138 valence electrons. The summed E-state index contributed by atoms with van der Waals surface area (Å²) in [7, 11) is -2.93. The van der Waals surface area contributed by atoms with Crippen LogP contribution in [0.1, 0.15) is 0 Å². The first-order valence-electron chi connectivity index (χ1n) is 7.85. The van der Waals surface area contributed by atoms with Crippen molar-refractivity contribution >= 4 is 35.7 Å². The zero-order valence-corrected chi connectivity index (χ0v) is 15.7. The van der Waals surface area contributed by atoms with Crippen molar-refractivity contribution < 1.29 is 23.5 Å². The minimum Gasteiger partial charge on any atom is -0.497 e. The lowest BCUT2D eigenvalue weighted by Gasteiger charge is -2.10. The second kappa shape index (κ2) is 6.55. The number of aromatic nitrogens is 2. The number of benzene rings is 2. The number of rotatable bonds is 4. The summed E-state index contributed by atoms with van der Waals surface area (Å²) in [4.78, 5) is 23.2. The van der Waals surface area contributed by atoms with E-state index in [-0.39, 0.29) is 5.76 Å². The zero-order valence-electron chi connectivity index (χ0n) is 14.0. The lowest BCUT2D eigenvalue weighted by molar-refractivity contribution is 0.377. The van der Waals surface area contributed by atoms with E-state index in [2.05, 4.69) is 4.98 Å². The molecule has 0 unspecified atom stereocenters. The van der Waals surface area contributed by atoms with Gasteiger partial charge in [-0.2, -0.15) is 0 Å². The SMILES string of the molecule is COc1cccc(-n2c(-c3ccc(P(=O)(O)O)o3)nc3ccc(Cl)cc32)c1. The van der Waals surface area contributed by atoms with Crippen LogP contribution in [-0.2, 0) is 4.57 Å². The van der Waals surface area contributed by atoms with Crippen LogP contribution in [0, 0.1) is 0 Å². The number of fused-ring (bicyclic) bond motifs is 1. The maximum absolute atomic E-state index is 11.5. The highest BCUT2D eigenvalue weighted by Gasteiger charge is 2.25. The minimum absolute atomic E-state index is 0.225. The second-order valence-corrected chi connectivity index (χ2v) is 7.75. The first-order valence-corrected chi connectivity index (χ1v) is 9.84. The van der Waals surface area contributed by atoms with Gasteiger partial charge in [-0.1, -0.05) is 17.7 Å². The lowest BCUT2D eigenvalue weighted by atomic mass is 10.2. The van der Waals surface area contributed by atoms with Crippen LogP contribution in [0.3, 0.4) is 0 Å². The Morgan fingerprint density at radius 1 is 1.15 bits per heavy atom. The van der Waals surface area contributed by atoms with Crippen LogP contribution in [0.15, 0.2) is 59.0 Å². The van der Waals surface area contributed by atoms with E-state index < -0.39 is 13.1 Å². The van der Waals surface area contributed by atoms with E-state index in [1.165, 1.54) is 12.1 Å². The average Bonchev–Trinajstić information content (AvgIpc) is 3.26. The number of furan rings is 1. The number of imidazole rings is 1. The third-order valence-corrected chi connectivity index (χ3v) is 5.08. The molecule has 2 aromatic carbocycles. The molecule has 0 aliphatic rings. The second-order valence-electron chi connectivity index (χ2n) is 5.79. The van der Waals surface area contributed by atoms with Crippen molar-refractivity contribution in [1.82, 2.24) is 9.55 Å². The van der Waals surface area contributed by atoms with Gasteiger partial charge in [0.25, 0.3) is 0 Å². The van der Waals surface area contributed by atoms with Gasteiger partial charge in [0, 0.05) is 11.1 Å². The fourth-order valence-electron chi connectivity index (χ4n) is 2.83. The number of methoxy groups -OCH3 is 1. The van der Waals surface area contributed by atoms with Crippen LogP contribution in [0.25, 0.3) is 28.3 Å². The van der Waals surface area contributed by atoms with Crippen LogP contribution in [0.4, 0.5) is 0 Å². The van der Waals surface area contributed by atoms with Gasteiger partial charge >= 0.3 is 7.60 Å². The first-order chi connectivity index (χ1) is 12.9. The fourth-order valence-corrected chi connectivity index (χ4v) is 3.48. The lowest BCUT2D eigenvalue weighted by Crippen LogP contribution is -2.00. The summed E-state index contributed by atoms with van der Waals surface area (Å²) < 4.78 is 24.0. The summed E-state index contributed by atoms with van der Waals surface area (Å²) in [5.74, 6) is 1.27. The van der Waals surface area contributed by atoms with Gasteiger partial charge in [-0.05, 0) is 42.5 Å². The summed E-state index contributed by atoms with van der Waals surface area (Å²) in [6.07, 6.45) is 0. The van der Waals surface area contributed by atoms with E-state index >= 15 is 0 Å². The molecule has 0 aliphatic carbocycles. The van der Waals surface area contributed by atoms with Gasteiger partial charge in [0.15, 0.2) is 11.6 Å². The highest BCUT2D eigenvalue weighted by molar-refractivity contribution is 7.59. The molecule has 4 aromatic rings. The molecule has 27 heavy (non-hydrogen) atoms. The predicted molar refractivity (Wildman–Crippen MR) is 102 cm³/mol. The molecular formula is C18H14ClN2O5P. The van der Waals surface area contributed by atoms with E-state index in [4.69, 9.17) is 20.8 Å². The normalized spacial score (nSPS) is 11.9. The van der Waals surface area contributed by atoms with Gasteiger partial charge in [0.2, 0.25) is 5.50 Å². The number of nitrogens with zero attached hydrogens (tertiary/aromatic N) is 2. The van der Waals surface area contributed by atoms with Crippen LogP contribution >= 0.6 is 19.2 Å². The van der Waals surface area contributed by atoms with E-state index in [9.17, 15) is 14.4 Å². The Labute approximate surface area is 158 Å². The average molecular weight is 405 g/mol. The van der Waals surface area contributed by atoms with Gasteiger partial charge in [-0.3, -0.25) is 9.13 Å². The minimum atomic E-state index is -4.50. The predicted octanol–water partition coefficient (Wildman–Crippen LogP) is 3.75. The molecule has 0 fully saturated rings. The summed E-state index contributed by atoms with van der Waals surface area (Å²) in [5, 5.41) is 0.536. The molecule has 9 heteroatoms. The number of hydrogen-bond acceptors (Lipinski definition) is 4. The summed E-state index contributed by atoms with van der Waals surface area (Å²) in [5.41, 5.74) is 1.70. The van der Waals surface area contributed by atoms with E-state index in [0.717, 1.165) is 11.2 Å². The van der Waals surface area contributed by atoms with Crippen LogP contribution in [-0.4, -0.2) is 26.4 Å². The van der Waals surface area contributed by atoms with Crippen molar-refractivity contribution in [1.29, 1.82) is 0 Å². The van der Waals surface area contributed by atoms with Crippen LogP contribution < -0.4 is 10.2 Å². The van der Waals surface area contributed by atoms with Gasteiger partial charge in [-0.15, -0.1) is 0 Å². The van der Waals surface area contributed by atoms with Crippen molar-refractivity contribution in [2.75, 3.05) is 7.11 Å². The molecule has 2 N–H and O–H groups in total. The number of hydrogen-bond donors (Lipinski definition) is 2. The van der Waals surface area contributed by atoms with Crippen LogP contribution in [0.2, 0.25) is 5.02 Å². The molecule has 2 heterocycles. The Morgan fingerprint density at radius 2 is 1.96 bits per heavy atom. The molecular weight excluding hydrogens is 391 g/mol. The standard InChI is InChI=1S/C18H14ClN2O5P/c1-25-13-4-2-3-12(10-13)21-15-9-11(19)5-6-14(15)20-18(21)16-7-8-17(26-16)27(22,23)24/h2-10H,1H3,(H2,22,23,24). The van der Waals surface area contributed by atoms with Gasteiger partial charge in [-0.25, -0.2) is 4.98 Å².